The van der Waals surface area contributed by atoms with Gasteiger partial charge in [0.25, 0.3) is 0 Å². The molecule has 0 aliphatic rings. The summed E-state index contributed by atoms with van der Waals surface area (Å²) in [6, 6.07) is 0. The summed E-state index contributed by atoms with van der Waals surface area (Å²) in [7, 11) is 3.40. The number of rotatable bonds is 55. The maximum absolute atomic E-state index is 5.82. The van der Waals surface area contributed by atoms with Gasteiger partial charge in [0.15, 0.2) is 0 Å². The van der Waals surface area contributed by atoms with Crippen molar-refractivity contribution in [3.63, 3.8) is 0 Å². The van der Waals surface area contributed by atoms with Crippen molar-refractivity contribution in [3.8, 4) is 0 Å². The number of hydrogen-bond donors (Lipinski definition) is 3. The van der Waals surface area contributed by atoms with Gasteiger partial charge in [0.05, 0.1) is 45.5 Å². The summed E-state index contributed by atoms with van der Waals surface area (Å²) < 4.78 is 39.7. The second-order valence-electron chi connectivity index (χ2n) is 15.1. The van der Waals surface area contributed by atoms with E-state index >= 15 is 0 Å². The highest BCUT2D eigenvalue weighted by molar-refractivity contribution is 8.76. The van der Waals surface area contributed by atoms with Crippen molar-refractivity contribution in [1.82, 2.24) is 10.8 Å². The van der Waals surface area contributed by atoms with E-state index in [1.807, 2.05) is 6.26 Å². The van der Waals surface area contributed by atoms with Crippen molar-refractivity contribution in [1.29, 1.82) is 0 Å². The van der Waals surface area contributed by atoms with Gasteiger partial charge in [-0.25, -0.2) is 0 Å². The highest BCUT2D eigenvalue weighted by Crippen LogP contribution is 2.14. The molecule has 13 heteroatoms. The van der Waals surface area contributed by atoms with E-state index < -0.39 is 0 Å². The van der Waals surface area contributed by atoms with Gasteiger partial charge in [0, 0.05) is 59.5 Å². The summed E-state index contributed by atoms with van der Waals surface area (Å²) in [5.41, 5.74) is 8.40. The Labute approximate surface area is 366 Å². The highest BCUT2D eigenvalue weighted by Gasteiger charge is 1.99. The van der Waals surface area contributed by atoms with E-state index in [4.69, 9.17) is 43.7 Å². The van der Waals surface area contributed by atoms with E-state index in [2.05, 4.69) is 10.8 Å². The molecule has 0 aromatic carbocycles. The lowest BCUT2D eigenvalue weighted by Gasteiger charge is -2.08. The molecule has 0 rings (SSSR count). The summed E-state index contributed by atoms with van der Waals surface area (Å²) in [6.07, 6.45) is 33.4. The molecule has 0 saturated heterocycles. The number of hydroxylamine groups is 1. The molecule has 0 atom stereocenters. The summed E-state index contributed by atoms with van der Waals surface area (Å²) in [6.45, 7) is 14.1. The van der Waals surface area contributed by atoms with Gasteiger partial charge < -0.3 is 44.2 Å². The summed E-state index contributed by atoms with van der Waals surface area (Å²) in [5, 5.41) is 3.58. The Bertz CT molecular complexity index is 656. The Morgan fingerprint density at radius 1 is 0.328 bits per heavy atom. The number of hydrogen-bond acceptors (Lipinski definition) is 13. The quantitative estimate of drug-likeness (QED) is 0.0233. The Balaban J connectivity index is 3.05. The lowest BCUT2D eigenvalue weighted by atomic mass is 10.1. The average Bonchev–Trinajstić information content (AvgIpc) is 3.23. The molecule has 0 saturated carbocycles. The molecule has 0 aromatic rings. The molecule has 0 spiro atoms. The number of unbranched alkanes of at least 4 members (excludes halogenated alkanes) is 19. The maximum atomic E-state index is 5.82. The molecule has 0 aliphatic carbocycles. The van der Waals surface area contributed by atoms with Gasteiger partial charge in [-0.1, -0.05) is 118 Å². The second-order valence-corrected chi connectivity index (χ2v) is 17.7. The smallest absolute Gasteiger partial charge is 0.0916 e. The summed E-state index contributed by atoms with van der Waals surface area (Å²) in [5.74, 6) is 0.766. The molecule has 0 aliphatic heterocycles. The van der Waals surface area contributed by atoms with Crippen LogP contribution in [0.4, 0.5) is 0 Å². The first kappa shape index (κ1) is 58.3. The van der Waals surface area contributed by atoms with Crippen LogP contribution in [0, 0.1) is 0 Å². The Kier molecular flexibility index (Phi) is 57.5. The monoisotopic (exact) mass is 870 g/mol. The van der Waals surface area contributed by atoms with Crippen LogP contribution in [0.25, 0.3) is 0 Å². The van der Waals surface area contributed by atoms with Gasteiger partial charge in [-0.15, -0.1) is 0 Å². The Hall–Kier alpha value is 0.260. The molecule has 58 heavy (non-hydrogen) atoms. The van der Waals surface area contributed by atoms with Crippen molar-refractivity contribution in [3.05, 3.63) is 0 Å². The van der Waals surface area contributed by atoms with E-state index in [0.29, 0.717) is 39.6 Å². The molecule has 0 heterocycles. The molecule has 0 amide bonds. The molecule has 0 unspecified atom stereocenters. The minimum atomic E-state index is 0.532. The second kappa shape index (κ2) is 57.3. The van der Waals surface area contributed by atoms with Crippen LogP contribution in [-0.2, 0) is 38.0 Å². The van der Waals surface area contributed by atoms with Crippen LogP contribution >= 0.6 is 21.6 Å². The van der Waals surface area contributed by atoms with Gasteiger partial charge in [0.1, 0.15) is 0 Å². The van der Waals surface area contributed by atoms with Gasteiger partial charge in [0.2, 0.25) is 0 Å². The lowest BCUT2D eigenvalue weighted by molar-refractivity contribution is -0.0203. The molecule has 350 valence electrons. The van der Waals surface area contributed by atoms with Crippen molar-refractivity contribution < 1.29 is 38.0 Å². The summed E-state index contributed by atoms with van der Waals surface area (Å²) in [4.78, 5) is 5.23. The highest BCUT2D eigenvalue weighted by atomic mass is 33.1. The average molecular weight is 870 g/mol. The van der Waals surface area contributed by atoms with Crippen LogP contribution < -0.4 is 16.5 Å². The fraction of sp³-hybridized carbons (Fsp3) is 1.00. The van der Waals surface area contributed by atoms with E-state index in [1.54, 1.807) is 21.6 Å². The van der Waals surface area contributed by atoms with Crippen LogP contribution in [0.5, 0.6) is 0 Å². The predicted molar refractivity (Wildman–Crippen MR) is 248 cm³/mol. The molecule has 4 N–H and O–H groups in total. The third-order valence-corrected chi connectivity index (χ3v) is 11.2. The zero-order valence-electron chi connectivity index (χ0n) is 37.8. The normalized spacial score (nSPS) is 11.7. The van der Waals surface area contributed by atoms with E-state index in [-0.39, 0.29) is 0 Å². The molecule has 0 bridgehead atoms. The molecular formula is C45H95N3O8S2. The van der Waals surface area contributed by atoms with Gasteiger partial charge in [-0.3, -0.25) is 4.84 Å². The minimum absolute atomic E-state index is 0.532. The molecule has 0 fully saturated rings. The van der Waals surface area contributed by atoms with Gasteiger partial charge >= 0.3 is 0 Å². The first-order chi connectivity index (χ1) is 28.9. The van der Waals surface area contributed by atoms with E-state index in [9.17, 15) is 0 Å². The Morgan fingerprint density at radius 2 is 0.621 bits per heavy atom. The Morgan fingerprint density at radius 3 is 1.02 bits per heavy atom. The first-order valence-electron chi connectivity index (χ1n) is 23.9. The van der Waals surface area contributed by atoms with Crippen LogP contribution in [0.2, 0.25) is 0 Å². The largest absolute Gasteiger partial charge is 0.381 e. The van der Waals surface area contributed by atoms with Crippen LogP contribution in [0.1, 0.15) is 161 Å². The van der Waals surface area contributed by atoms with Crippen molar-refractivity contribution in [2.24, 2.45) is 5.73 Å². The van der Waals surface area contributed by atoms with Crippen LogP contribution in [0.3, 0.4) is 0 Å². The van der Waals surface area contributed by atoms with Gasteiger partial charge in [-0.2, -0.15) is 5.48 Å². The van der Waals surface area contributed by atoms with Gasteiger partial charge in [-0.05, 0) is 90.1 Å². The topological polar surface area (TPSA) is 124 Å². The van der Waals surface area contributed by atoms with Crippen LogP contribution in [-0.4, -0.2) is 131 Å². The number of nitrogens with two attached hydrogens (primary N) is 1. The van der Waals surface area contributed by atoms with Crippen molar-refractivity contribution in [2.75, 3.05) is 131 Å². The zero-order chi connectivity index (χ0) is 41.6. The fourth-order valence-electron chi connectivity index (χ4n) is 6.22. The third-order valence-electron chi connectivity index (χ3n) is 9.67. The van der Waals surface area contributed by atoms with Crippen LogP contribution in [0.15, 0.2) is 0 Å². The molecule has 0 radical (unpaired) electrons. The SMILES string of the molecule is CSSCNOCCOCCOCCOCCCCOCCCOCCCCCCCCCCCCOCCCOCCCCCCCCCNCCCCCCN. The minimum Gasteiger partial charge on any atom is -0.381 e. The lowest BCUT2D eigenvalue weighted by Crippen LogP contribution is -2.18. The summed E-state index contributed by atoms with van der Waals surface area (Å²) >= 11 is 0. The first-order valence-corrected chi connectivity index (χ1v) is 26.6. The predicted octanol–water partition coefficient (Wildman–Crippen LogP) is 9.89. The van der Waals surface area contributed by atoms with Crippen molar-refractivity contribution >= 4 is 21.6 Å². The van der Waals surface area contributed by atoms with E-state index in [1.165, 1.54) is 148 Å². The molecule has 11 nitrogen and oxygen atoms in total. The zero-order valence-corrected chi connectivity index (χ0v) is 39.4. The number of ether oxygens (including phenoxy) is 7. The maximum Gasteiger partial charge on any atom is 0.0916 e. The molecule has 0 aromatic heterocycles. The molecular weight excluding hydrogens is 775 g/mol. The fourth-order valence-corrected chi connectivity index (χ4v) is 6.96. The number of nitrogens with one attached hydrogen (secondary N) is 2. The van der Waals surface area contributed by atoms with Crippen molar-refractivity contribution in [2.45, 2.75) is 161 Å². The third kappa shape index (κ3) is 56.3. The van der Waals surface area contributed by atoms with E-state index in [0.717, 1.165) is 97.6 Å². The standard InChI is InChI=1S/C45H95N3O8S2/c1-57-58-45-48-56-44-43-55-42-41-54-40-39-53-34-24-23-33-52-38-26-37-51-31-21-15-9-5-3-2-4-8-14-20-30-49-35-25-36-50-32-22-16-10-6-7-12-18-28-47-29-19-13-11-17-27-46/h47-48H,2-46H2,1H3.